The first kappa shape index (κ1) is 11.0. The molecule has 0 spiro atoms. The number of hydrogen-bond acceptors (Lipinski definition) is 2. The Balaban J connectivity index is 3.27. The van der Waals surface area contributed by atoms with Crippen molar-refractivity contribution in [3.8, 4) is 6.07 Å². The molecule has 0 atom stereocenters. The number of carboxylic acid groups (broad SMARTS) is 1. The van der Waals surface area contributed by atoms with Crippen molar-refractivity contribution in [2.45, 2.75) is 13.8 Å². The van der Waals surface area contributed by atoms with Crippen molar-refractivity contribution in [2.24, 2.45) is 0 Å². The molecule has 0 fully saturated rings. The van der Waals surface area contributed by atoms with E-state index in [9.17, 15) is 4.79 Å². The first-order valence-corrected chi connectivity index (χ1v) is 4.47. The predicted molar refractivity (Wildman–Crippen MR) is 57.5 cm³/mol. The van der Waals surface area contributed by atoms with Gasteiger partial charge in [0.25, 0.3) is 0 Å². The molecule has 0 saturated heterocycles. The zero-order chi connectivity index (χ0) is 11.4. The molecule has 0 aliphatic carbocycles. The molecule has 0 unspecified atom stereocenters. The van der Waals surface area contributed by atoms with Gasteiger partial charge in [0.2, 0.25) is 0 Å². The average molecular weight is 201 g/mol. The van der Waals surface area contributed by atoms with Gasteiger partial charge >= 0.3 is 5.97 Å². The second kappa shape index (κ2) is 4.43. The molecule has 76 valence electrons. The molecule has 0 bridgehead atoms. The quantitative estimate of drug-likeness (QED) is 0.748. The Hall–Kier alpha value is -2.08. The van der Waals surface area contributed by atoms with E-state index >= 15 is 0 Å². The molecule has 15 heavy (non-hydrogen) atoms. The van der Waals surface area contributed by atoms with Gasteiger partial charge in [-0.1, -0.05) is 12.1 Å². The Labute approximate surface area is 88.3 Å². The monoisotopic (exact) mass is 201 g/mol. The number of carbonyl (C=O) groups is 1. The van der Waals surface area contributed by atoms with Gasteiger partial charge < -0.3 is 5.11 Å². The average Bonchev–Trinajstić information content (AvgIpc) is 2.12. The number of aryl methyl sites for hydroxylation is 2. The Kier molecular flexibility index (Phi) is 3.25. The third-order valence-corrected chi connectivity index (χ3v) is 2.12. The molecule has 0 aliphatic heterocycles. The number of rotatable bonds is 2. The van der Waals surface area contributed by atoms with Crippen LogP contribution in [0.15, 0.2) is 18.2 Å². The van der Waals surface area contributed by atoms with Crippen LogP contribution in [0.1, 0.15) is 27.0 Å². The maximum absolute atomic E-state index is 10.9. The molecule has 0 saturated carbocycles. The van der Waals surface area contributed by atoms with Crippen LogP contribution < -0.4 is 0 Å². The summed E-state index contributed by atoms with van der Waals surface area (Å²) in [7, 11) is 0. The van der Waals surface area contributed by atoms with E-state index in [1.165, 1.54) is 6.08 Å². The number of hydrogen-bond donors (Lipinski definition) is 1. The van der Waals surface area contributed by atoms with Crippen LogP contribution in [0.3, 0.4) is 0 Å². The van der Waals surface area contributed by atoms with Gasteiger partial charge in [-0.25, -0.2) is 4.79 Å². The van der Waals surface area contributed by atoms with Crippen LogP contribution in [0.2, 0.25) is 0 Å². The number of carboxylic acids is 1. The zero-order valence-corrected chi connectivity index (χ0v) is 8.61. The minimum atomic E-state index is -0.916. The highest BCUT2D eigenvalue weighted by Crippen LogP contribution is 2.17. The van der Waals surface area contributed by atoms with Crippen LogP contribution in [0.4, 0.5) is 0 Å². The lowest BCUT2D eigenvalue weighted by Gasteiger charge is -2.06. The first-order valence-electron chi connectivity index (χ1n) is 4.47. The number of benzene rings is 1. The molecule has 1 rings (SSSR count). The van der Waals surface area contributed by atoms with Crippen molar-refractivity contribution in [1.82, 2.24) is 0 Å². The fourth-order valence-corrected chi connectivity index (χ4v) is 1.56. The number of allylic oxidation sites excluding steroid dienone is 1. The van der Waals surface area contributed by atoms with Gasteiger partial charge in [-0.15, -0.1) is 0 Å². The van der Waals surface area contributed by atoms with Gasteiger partial charge in [0, 0.05) is 6.08 Å². The highest BCUT2D eigenvalue weighted by Gasteiger charge is 2.10. The molecular weight excluding hydrogens is 190 g/mol. The van der Waals surface area contributed by atoms with Gasteiger partial charge in [0.15, 0.2) is 0 Å². The third-order valence-electron chi connectivity index (χ3n) is 2.12. The van der Waals surface area contributed by atoms with Crippen molar-refractivity contribution in [2.75, 3.05) is 0 Å². The third kappa shape index (κ3) is 2.44. The van der Waals surface area contributed by atoms with Crippen molar-refractivity contribution in [3.63, 3.8) is 0 Å². The fraction of sp³-hybridized carbons (Fsp3) is 0.167. The van der Waals surface area contributed by atoms with Crippen molar-refractivity contribution >= 4 is 12.0 Å². The largest absolute Gasteiger partial charge is 0.478 e. The molecule has 0 aliphatic rings. The molecular formula is C12H11NO2. The Bertz CT molecular complexity index is 444. The standard InChI is InChI=1S/C12H11NO2/c1-8-6-10(4-3-5-13)7-9(2)11(8)12(14)15/h3-4,6-7H,1-2H3,(H,14,15). The topological polar surface area (TPSA) is 61.1 Å². The summed E-state index contributed by atoms with van der Waals surface area (Å²) in [4.78, 5) is 10.9. The van der Waals surface area contributed by atoms with E-state index < -0.39 is 5.97 Å². The fourth-order valence-electron chi connectivity index (χ4n) is 1.56. The minimum absolute atomic E-state index is 0.337. The summed E-state index contributed by atoms with van der Waals surface area (Å²) < 4.78 is 0. The van der Waals surface area contributed by atoms with Crippen LogP contribution in [0, 0.1) is 25.2 Å². The number of nitrogens with zero attached hydrogens (tertiary/aromatic N) is 1. The second-order valence-corrected chi connectivity index (χ2v) is 3.30. The van der Waals surface area contributed by atoms with E-state index in [2.05, 4.69) is 0 Å². The van der Waals surface area contributed by atoms with Crippen LogP contribution >= 0.6 is 0 Å². The maximum Gasteiger partial charge on any atom is 0.336 e. The molecule has 0 radical (unpaired) electrons. The van der Waals surface area contributed by atoms with E-state index in [0.29, 0.717) is 16.7 Å². The van der Waals surface area contributed by atoms with Gasteiger partial charge in [0.1, 0.15) is 0 Å². The molecule has 0 heterocycles. The number of aromatic carboxylic acids is 1. The summed E-state index contributed by atoms with van der Waals surface area (Å²) in [6.45, 7) is 3.50. The molecule has 1 N–H and O–H groups in total. The number of nitriles is 1. The van der Waals surface area contributed by atoms with Crippen molar-refractivity contribution in [1.29, 1.82) is 5.26 Å². The summed E-state index contributed by atoms with van der Waals surface area (Å²) in [6, 6.07) is 5.40. The Morgan fingerprint density at radius 3 is 2.33 bits per heavy atom. The summed E-state index contributed by atoms with van der Waals surface area (Å²) >= 11 is 0. The summed E-state index contributed by atoms with van der Waals surface area (Å²) in [5, 5.41) is 17.3. The summed E-state index contributed by atoms with van der Waals surface area (Å²) in [6.07, 6.45) is 3.03. The Morgan fingerprint density at radius 2 is 1.93 bits per heavy atom. The first-order chi connectivity index (χ1) is 7.06. The molecule has 0 amide bonds. The van der Waals surface area contributed by atoms with Gasteiger partial charge in [0.05, 0.1) is 11.6 Å². The maximum atomic E-state index is 10.9. The van der Waals surface area contributed by atoms with E-state index in [1.807, 2.05) is 6.07 Å². The van der Waals surface area contributed by atoms with Crippen molar-refractivity contribution in [3.05, 3.63) is 40.5 Å². The van der Waals surface area contributed by atoms with Gasteiger partial charge in [-0.05, 0) is 36.6 Å². The lowest BCUT2D eigenvalue weighted by Crippen LogP contribution is -2.03. The highest BCUT2D eigenvalue weighted by molar-refractivity contribution is 5.91. The van der Waals surface area contributed by atoms with Crippen LogP contribution in [-0.2, 0) is 0 Å². The minimum Gasteiger partial charge on any atom is -0.478 e. The molecule has 1 aromatic carbocycles. The molecule has 1 aromatic rings. The lowest BCUT2D eigenvalue weighted by atomic mass is 9.99. The second-order valence-electron chi connectivity index (χ2n) is 3.30. The van der Waals surface area contributed by atoms with E-state index in [-0.39, 0.29) is 0 Å². The molecule has 3 heteroatoms. The van der Waals surface area contributed by atoms with Gasteiger partial charge in [-0.3, -0.25) is 0 Å². The van der Waals surface area contributed by atoms with Gasteiger partial charge in [-0.2, -0.15) is 5.26 Å². The molecule has 0 aromatic heterocycles. The van der Waals surface area contributed by atoms with Crippen LogP contribution in [-0.4, -0.2) is 11.1 Å². The van der Waals surface area contributed by atoms with Crippen LogP contribution in [0.5, 0.6) is 0 Å². The molecule has 3 nitrogen and oxygen atoms in total. The lowest BCUT2D eigenvalue weighted by molar-refractivity contribution is 0.0695. The van der Waals surface area contributed by atoms with E-state index in [4.69, 9.17) is 10.4 Å². The Morgan fingerprint density at radius 1 is 1.40 bits per heavy atom. The highest BCUT2D eigenvalue weighted by atomic mass is 16.4. The smallest absolute Gasteiger partial charge is 0.336 e. The zero-order valence-electron chi connectivity index (χ0n) is 8.61. The summed E-state index contributed by atoms with van der Waals surface area (Å²) in [5.74, 6) is -0.916. The summed E-state index contributed by atoms with van der Waals surface area (Å²) in [5.41, 5.74) is 2.60. The van der Waals surface area contributed by atoms with E-state index in [1.54, 1.807) is 32.1 Å². The predicted octanol–water partition coefficient (Wildman–Crippen LogP) is 2.54. The normalized spacial score (nSPS) is 10.2. The SMILES string of the molecule is Cc1cc(C=CC#N)cc(C)c1C(=O)O. The van der Waals surface area contributed by atoms with Crippen molar-refractivity contribution < 1.29 is 9.90 Å². The van der Waals surface area contributed by atoms with E-state index in [0.717, 1.165) is 5.56 Å². The van der Waals surface area contributed by atoms with Crippen LogP contribution in [0.25, 0.3) is 6.08 Å².